The lowest BCUT2D eigenvalue weighted by molar-refractivity contribution is -0.130. The average molecular weight is 322 g/mol. The van der Waals surface area contributed by atoms with Crippen molar-refractivity contribution in [2.75, 3.05) is 7.05 Å². The zero-order chi connectivity index (χ0) is 13.7. The minimum Gasteiger partial charge on any atom is -0.341 e. The highest BCUT2D eigenvalue weighted by molar-refractivity contribution is 9.10. The molecule has 5 heteroatoms. The van der Waals surface area contributed by atoms with Crippen molar-refractivity contribution < 1.29 is 4.79 Å². The molecule has 100 valence electrons. The number of carbonyl (C=O) groups is 1. The number of imidazole rings is 1. The second kappa shape index (κ2) is 6.52. The summed E-state index contributed by atoms with van der Waals surface area (Å²) in [4.78, 5) is 17.7. The van der Waals surface area contributed by atoms with Gasteiger partial charge >= 0.3 is 0 Å². The second-order valence-corrected chi connectivity index (χ2v) is 5.25. The summed E-state index contributed by atoms with van der Waals surface area (Å²) in [6.07, 6.45) is 5.79. The van der Waals surface area contributed by atoms with Gasteiger partial charge in [0.05, 0.1) is 6.33 Å². The van der Waals surface area contributed by atoms with Gasteiger partial charge in [0, 0.05) is 43.4 Å². The number of nitrogens with zero attached hydrogens (tertiary/aromatic N) is 3. The maximum atomic E-state index is 12.0. The van der Waals surface area contributed by atoms with Crippen molar-refractivity contribution >= 4 is 21.8 Å². The molecule has 19 heavy (non-hydrogen) atoms. The second-order valence-electron chi connectivity index (χ2n) is 4.39. The van der Waals surface area contributed by atoms with Crippen LogP contribution in [0.25, 0.3) is 0 Å². The number of benzene rings is 1. The minimum absolute atomic E-state index is 0.129. The van der Waals surface area contributed by atoms with Crippen molar-refractivity contribution in [3.05, 3.63) is 53.0 Å². The summed E-state index contributed by atoms with van der Waals surface area (Å²) in [5.41, 5.74) is 1.11. The summed E-state index contributed by atoms with van der Waals surface area (Å²) in [7, 11) is 1.83. The number of rotatable bonds is 5. The van der Waals surface area contributed by atoms with E-state index >= 15 is 0 Å². The van der Waals surface area contributed by atoms with Gasteiger partial charge in [0.1, 0.15) is 0 Å². The Morgan fingerprint density at radius 1 is 1.42 bits per heavy atom. The van der Waals surface area contributed by atoms with Crippen LogP contribution < -0.4 is 0 Å². The summed E-state index contributed by atoms with van der Waals surface area (Å²) in [6, 6.07) is 7.95. The molecule has 1 amide bonds. The number of hydrogen-bond acceptors (Lipinski definition) is 2. The van der Waals surface area contributed by atoms with Crippen LogP contribution in [0.15, 0.2) is 47.5 Å². The third-order valence-electron chi connectivity index (χ3n) is 2.93. The molecule has 0 bridgehead atoms. The monoisotopic (exact) mass is 321 g/mol. The van der Waals surface area contributed by atoms with Crippen LogP contribution >= 0.6 is 15.9 Å². The quantitative estimate of drug-likeness (QED) is 0.849. The predicted molar refractivity (Wildman–Crippen MR) is 77.5 cm³/mol. The zero-order valence-corrected chi connectivity index (χ0v) is 12.4. The molecule has 0 saturated carbocycles. The Morgan fingerprint density at radius 2 is 2.21 bits per heavy atom. The first-order valence-electron chi connectivity index (χ1n) is 6.10. The summed E-state index contributed by atoms with van der Waals surface area (Å²) in [6.45, 7) is 1.28. The molecule has 1 aromatic carbocycles. The van der Waals surface area contributed by atoms with Gasteiger partial charge < -0.3 is 9.47 Å². The van der Waals surface area contributed by atoms with Gasteiger partial charge in [-0.05, 0) is 11.6 Å². The molecule has 0 spiro atoms. The van der Waals surface area contributed by atoms with Gasteiger partial charge in [-0.1, -0.05) is 34.1 Å². The molecule has 0 atom stereocenters. The lowest BCUT2D eigenvalue weighted by Gasteiger charge is -2.18. The number of aryl methyl sites for hydroxylation is 1. The van der Waals surface area contributed by atoms with Gasteiger partial charge in [-0.15, -0.1) is 0 Å². The van der Waals surface area contributed by atoms with E-state index in [0.29, 0.717) is 19.5 Å². The molecule has 0 unspecified atom stereocenters. The van der Waals surface area contributed by atoms with E-state index in [1.165, 1.54) is 0 Å². The number of hydrogen-bond donors (Lipinski definition) is 0. The maximum absolute atomic E-state index is 12.0. The van der Waals surface area contributed by atoms with Gasteiger partial charge in [0.25, 0.3) is 0 Å². The van der Waals surface area contributed by atoms with E-state index in [2.05, 4.69) is 20.9 Å². The van der Waals surface area contributed by atoms with Crippen molar-refractivity contribution in [3.8, 4) is 0 Å². The van der Waals surface area contributed by atoms with Crippen LogP contribution in [-0.2, 0) is 17.9 Å². The van der Waals surface area contributed by atoms with E-state index in [4.69, 9.17) is 0 Å². The van der Waals surface area contributed by atoms with E-state index in [1.54, 1.807) is 17.4 Å². The predicted octanol–water partition coefficient (Wildman–Crippen LogP) is 2.69. The van der Waals surface area contributed by atoms with Crippen molar-refractivity contribution in [1.29, 1.82) is 0 Å². The highest BCUT2D eigenvalue weighted by Gasteiger charge is 2.10. The fourth-order valence-electron chi connectivity index (χ4n) is 1.80. The van der Waals surface area contributed by atoms with Crippen LogP contribution in [0.4, 0.5) is 0 Å². The minimum atomic E-state index is 0.129. The lowest BCUT2D eigenvalue weighted by Crippen LogP contribution is -2.27. The normalized spacial score (nSPS) is 10.4. The fourth-order valence-corrected chi connectivity index (χ4v) is 2.22. The highest BCUT2D eigenvalue weighted by Crippen LogP contribution is 2.17. The molecule has 2 rings (SSSR count). The number of aromatic nitrogens is 2. The van der Waals surface area contributed by atoms with Crippen LogP contribution in [0, 0.1) is 0 Å². The first-order chi connectivity index (χ1) is 9.16. The van der Waals surface area contributed by atoms with Crippen molar-refractivity contribution in [3.63, 3.8) is 0 Å². The molecule has 0 N–H and O–H groups in total. The molecular formula is C14H16BrN3O. The third-order valence-corrected chi connectivity index (χ3v) is 3.71. The topological polar surface area (TPSA) is 38.1 Å². The fraction of sp³-hybridized carbons (Fsp3) is 0.286. The maximum Gasteiger partial charge on any atom is 0.224 e. The molecule has 1 heterocycles. The van der Waals surface area contributed by atoms with Crippen LogP contribution in [0.1, 0.15) is 12.0 Å². The lowest BCUT2D eigenvalue weighted by atomic mass is 10.2. The molecule has 0 radical (unpaired) electrons. The molecule has 2 aromatic rings. The van der Waals surface area contributed by atoms with Crippen molar-refractivity contribution in [2.24, 2.45) is 0 Å². The summed E-state index contributed by atoms with van der Waals surface area (Å²) < 4.78 is 2.94. The van der Waals surface area contributed by atoms with E-state index in [1.807, 2.05) is 42.1 Å². The third kappa shape index (κ3) is 3.92. The largest absolute Gasteiger partial charge is 0.341 e. The van der Waals surface area contributed by atoms with Gasteiger partial charge in [-0.2, -0.15) is 0 Å². The molecule has 0 fully saturated rings. The Kier molecular flexibility index (Phi) is 4.74. The Labute approximate surface area is 121 Å². The van der Waals surface area contributed by atoms with E-state index in [0.717, 1.165) is 10.0 Å². The molecule has 4 nitrogen and oxygen atoms in total. The Hall–Kier alpha value is -1.62. The van der Waals surface area contributed by atoms with Crippen LogP contribution in [-0.4, -0.2) is 27.4 Å². The molecule has 0 aliphatic heterocycles. The van der Waals surface area contributed by atoms with Crippen LogP contribution in [0.5, 0.6) is 0 Å². The van der Waals surface area contributed by atoms with Gasteiger partial charge in [0.2, 0.25) is 5.91 Å². The van der Waals surface area contributed by atoms with E-state index < -0.39 is 0 Å². The summed E-state index contributed by atoms with van der Waals surface area (Å²) in [5.74, 6) is 0.129. The number of halogens is 1. The van der Waals surface area contributed by atoms with Crippen LogP contribution in [0.3, 0.4) is 0 Å². The highest BCUT2D eigenvalue weighted by atomic mass is 79.9. The van der Waals surface area contributed by atoms with Crippen molar-refractivity contribution in [2.45, 2.75) is 19.5 Å². The Bertz CT molecular complexity index is 539. The molecule has 0 aliphatic rings. The summed E-state index contributed by atoms with van der Waals surface area (Å²) >= 11 is 3.49. The first-order valence-corrected chi connectivity index (χ1v) is 6.89. The smallest absolute Gasteiger partial charge is 0.224 e. The number of carbonyl (C=O) groups excluding carboxylic acids is 1. The SMILES string of the molecule is CN(Cc1ccccc1Br)C(=O)CCn1ccnc1. The standard InChI is InChI=1S/C14H16BrN3O/c1-17(10-12-4-2-3-5-13(12)15)14(19)6-8-18-9-7-16-11-18/h2-5,7,9,11H,6,8,10H2,1H3. The van der Waals surface area contributed by atoms with Gasteiger partial charge in [-0.25, -0.2) is 4.98 Å². The Morgan fingerprint density at radius 3 is 2.89 bits per heavy atom. The van der Waals surface area contributed by atoms with E-state index in [9.17, 15) is 4.79 Å². The van der Waals surface area contributed by atoms with Crippen LogP contribution in [0.2, 0.25) is 0 Å². The van der Waals surface area contributed by atoms with Gasteiger partial charge in [0.15, 0.2) is 0 Å². The van der Waals surface area contributed by atoms with E-state index in [-0.39, 0.29) is 5.91 Å². The molecule has 0 saturated heterocycles. The molecule has 1 aromatic heterocycles. The Balaban J connectivity index is 1.87. The first kappa shape index (κ1) is 13.8. The van der Waals surface area contributed by atoms with Crippen molar-refractivity contribution in [1.82, 2.24) is 14.5 Å². The molecule has 0 aliphatic carbocycles. The number of amides is 1. The van der Waals surface area contributed by atoms with Gasteiger partial charge in [-0.3, -0.25) is 4.79 Å². The molecular weight excluding hydrogens is 306 g/mol. The average Bonchev–Trinajstić information content (AvgIpc) is 2.91. The summed E-state index contributed by atoms with van der Waals surface area (Å²) in [5, 5.41) is 0. The zero-order valence-electron chi connectivity index (χ0n) is 10.8.